The number of fused-ring (bicyclic) bond motifs is 3. The second-order valence-corrected chi connectivity index (χ2v) is 5.46. The molecule has 4 aromatic rings. The summed E-state index contributed by atoms with van der Waals surface area (Å²) in [6.45, 7) is 0. The summed E-state index contributed by atoms with van der Waals surface area (Å²) in [6, 6.07) is 16.9. The van der Waals surface area contributed by atoms with Crippen molar-refractivity contribution in [3.05, 3.63) is 71.5 Å². The van der Waals surface area contributed by atoms with Crippen LogP contribution in [0.25, 0.3) is 33.1 Å². The predicted octanol–water partition coefficient (Wildman–Crippen LogP) is 5.08. The summed E-state index contributed by atoms with van der Waals surface area (Å²) < 4.78 is 19.9. The quantitative estimate of drug-likeness (QED) is 0.485. The third-order valence-electron chi connectivity index (χ3n) is 4.06. The van der Waals surface area contributed by atoms with Crippen LogP contribution in [0.5, 0.6) is 0 Å². The van der Waals surface area contributed by atoms with Crippen molar-refractivity contribution in [1.82, 2.24) is 0 Å². The molecule has 0 aliphatic carbocycles. The Morgan fingerprint density at radius 2 is 1.75 bits per heavy atom. The lowest BCUT2D eigenvalue weighted by atomic mass is 9.97. The van der Waals surface area contributed by atoms with E-state index in [-0.39, 0.29) is 5.82 Å². The molecule has 1 heterocycles. The number of hydrogen-bond acceptors (Lipinski definition) is 3. The first kappa shape index (κ1) is 14.2. The SMILES string of the molecule is N#Cc1ccc2c(c1)oc1cc(C=O)c(-c3ccccc3F)cc12. The summed E-state index contributed by atoms with van der Waals surface area (Å²) in [5.41, 5.74) is 2.82. The smallest absolute Gasteiger partial charge is 0.150 e. The molecule has 0 aliphatic heterocycles. The van der Waals surface area contributed by atoms with Crippen molar-refractivity contribution in [2.45, 2.75) is 0 Å². The van der Waals surface area contributed by atoms with Crippen LogP contribution in [0.4, 0.5) is 4.39 Å². The highest BCUT2D eigenvalue weighted by molar-refractivity contribution is 6.09. The molecule has 0 saturated heterocycles. The van der Waals surface area contributed by atoms with Crippen LogP contribution in [-0.4, -0.2) is 6.29 Å². The van der Waals surface area contributed by atoms with Gasteiger partial charge in [-0.05, 0) is 42.0 Å². The predicted molar refractivity (Wildman–Crippen MR) is 89.2 cm³/mol. The summed E-state index contributed by atoms with van der Waals surface area (Å²) in [4.78, 5) is 11.5. The van der Waals surface area contributed by atoms with Crippen LogP contribution >= 0.6 is 0 Å². The zero-order valence-electron chi connectivity index (χ0n) is 12.4. The van der Waals surface area contributed by atoms with E-state index in [1.165, 1.54) is 6.07 Å². The Balaban J connectivity index is 2.08. The van der Waals surface area contributed by atoms with Crippen molar-refractivity contribution in [3.63, 3.8) is 0 Å². The molecule has 0 fully saturated rings. The number of carbonyl (C=O) groups is 1. The third kappa shape index (κ3) is 2.07. The van der Waals surface area contributed by atoms with Crippen LogP contribution in [0, 0.1) is 17.1 Å². The molecule has 3 aromatic carbocycles. The molecule has 3 nitrogen and oxygen atoms in total. The Hall–Kier alpha value is -3.45. The van der Waals surface area contributed by atoms with Crippen molar-refractivity contribution >= 4 is 28.2 Å². The van der Waals surface area contributed by atoms with Gasteiger partial charge in [-0.3, -0.25) is 4.79 Å². The molecular formula is C20H10FNO2. The summed E-state index contributed by atoms with van der Waals surface area (Å²) in [5, 5.41) is 10.6. The summed E-state index contributed by atoms with van der Waals surface area (Å²) in [5.74, 6) is -0.389. The van der Waals surface area contributed by atoms with E-state index in [2.05, 4.69) is 6.07 Å². The maximum Gasteiger partial charge on any atom is 0.150 e. The van der Waals surface area contributed by atoms with Gasteiger partial charge in [-0.2, -0.15) is 5.26 Å². The number of aldehydes is 1. The fraction of sp³-hybridized carbons (Fsp3) is 0. The van der Waals surface area contributed by atoms with Gasteiger partial charge in [-0.1, -0.05) is 18.2 Å². The van der Waals surface area contributed by atoms with E-state index in [0.717, 1.165) is 10.8 Å². The number of hydrogen-bond donors (Lipinski definition) is 0. The van der Waals surface area contributed by atoms with Crippen molar-refractivity contribution in [3.8, 4) is 17.2 Å². The lowest BCUT2D eigenvalue weighted by molar-refractivity contribution is 0.112. The molecule has 24 heavy (non-hydrogen) atoms. The van der Waals surface area contributed by atoms with Crippen LogP contribution in [0.3, 0.4) is 0 Å². The molecule has 0 saturated carbocycles. The highest BCUT2D eigenvalue weighted by Gasteiger charge is 2.15. The van der Waals surface area contributed by atoms with Crippen LogP contribution in [0.15, 0.2) is 59.0 Å². The van der Waals surface area contributed by atoms with Gasteiger partial charge >= 0.3 is 0 Å². The fourth-order valence-electron chi connectivity index (χ4n) is 2.92. The molecule has 4 rings (SSSR count). The number of nitrogens with zero attached hydrogens (tertiary/aromatic N) is 1. The van der Waals surface area contributed by atoms with Gasteiger partial charge in [0.2, 0.25) is 0 Å². The van der Waals surface area contributed by atoms with Gasteiger partial charge in [0, 0.05) is 21.9 Å². The first-order chi connectivity index (χ1) is 11.7. The zero-order chi connectivity index (χ0) is 16.7. The summed E-state index contributed by atoms with van der Waals surface area (Å²) in [6.07, 6.45) is 0.690. The van der Waals surface area contributed by atoms with Crippen LogP contribution in [0.1, 0.15) is 15.9 Å². The lowest BCUT2D eigenvalue weighted by Gasteiger charge is -2.06. The monoisotopic (exact) mass is 315 g/mol. The number of furan rings is 1. The van der Waals surface area contributed by atoms with Crippen molar-refractivity contribution < 1.29 is 13.6 Å². The Morgan fingerprint density at radius 1 is 0.958 bits per heavy atom. The molecule has 0 amide bonds. The molecule has 0 aliphatic rings. The molecule has 114 valence electrons. The molecule has 0 spiro atoms. The summed E-state index contributed by atoms with van der Waals surface area (Å²) >= 11 is 0. The number of nitriles is 1. The normalized spacial score (nSPS) is 10.8. The molecule has 0 bridgehead atoms. The minimum absolute atomic E-state index is 0.354. The van der Waals surface area contributed by atoms with Gasteiger partial charge in [0.05, 0.1) is 11.6 Å². The molecular weight excluding hydrogens is 305 g/mol. The van der Waals surface area contributed by atoms with E-state index in [1.807, 2.05) is 0 Å². The highest BCUT2D eigenvalue weighted by atomic mass is 19.1. The minimum atomic E-state index is -0.389. The molecule has 0 unspecified atom stereocenters. The Morgan fingerprint density at radius 3 is 2.50 bits per heavy atom. The van der Waals surface area contributed by atoms with Crippen LogP contribution in [0.2, 0.25) is 0 Å². The van der Waals surface area contributed by atoms with Gasteiger partial charge < -0.3 is 4.42 Å². The molecule has 4 heteroatoms. The first-order valence-corrected chi connectivity index (χ1v) is 7.32. The minimum Gasteiger partial charge on any atom is -0.456 e. The second-order valence-electron chi connectivity index (χ2n) is 5.46. The largest absolute Gasteiger partial charge is 0.456 e. The molecule has 0 radical (unpaired) electrons. The van der Waals surface area contributed by atoms with Gasteiger partial charge in [0.15, 0.2) is 6.29 Å². The highest BCUT2D eigenvalue weighted by Crippen LogP contribution is 2.35. The number of halogens is 1. The van der Waals surface area contributed by atoms with Crippen molar-refractivity contribution in [1.29, 1.82) is 5.26 Å². The average Bonchev–Trinajstić information content (AvgIpc) is 2.97. The lowest BCUT2D eigenvalue weighted by Crippen LogP contribution is -1.90. The molecule has 1 aromatic heterocycles. The van der Waals surface area contributed by atoms with Gasteiger partial charge in [-0.25, -0.2) is 4.39 Å². The van der Waals surface area contributed by atoms with Crippen LogP contribution < -0.4 is 0 Å². The van der Waals surface area contributed by atoms with Crippen molar-refractivity contribution in [2.24, 2.45) is 0 Å². The van der Waals surface area contributed by atoms with Gasteiger partial charge in [-0.15, -0.1) is 0 Å². The zero-order valence-corrected chi connectivity index (χ0v) is 12.4. The summed E-state index contributed by atoms with van der Waals surface area (Å²) in [7, 11) is 0. The van der Waals surface area contributed by atoms with E-state index in [0.29, 0.717) is 39.7 Å². The third-order valence-corrected chi connectivity index (χ3v) is 4.06. The Kier molecular flexibility index (Phi) is 3.14. The van der Waals surface area contributed by atoms with Crippen molar-refractivity contribution in [2.75, 3.05) is 0 Å². The van der Waals surface area contributed by atoms with E-state index in [1.54, 1.807) is 48.5 Å². The van der Waals surface area contributed by atoms with E-state index < -0.39 is 0 Å². The second kappa shape index (κ2) is 5.32. The fourth-order valence-corrected chi connectivity index (χ4v) is 2.92. The maximum absolute atomic E-state index is 14.2. The number of carbonyl (C=O) groups excluding carboxylic acids is 1. The Labute approximate surface area is 136 Å². The molecule has 0 N–H and O–H groups in total. The van der Waals surface area contributed by atoms with Crippen LogP contribution in [-0.2, 0) is 0 Å². The number of rotatable bonds is 2. The van der Waals surface area contributed by atoms with Gasteiger partial charge in [0.1, 0.15) is 17.0 Å². The van der Waals surface area contributed by atoms with E-state index >= 15 is 0 Å². The maximum atomic E-state index is 14.2. The molecule has 0 atom stereocenters. The Bertz CT molecular complexity index is 1150. The van der Waals surface area contributed by atoms with E-state index in [9.17, 15) is 9.18 Å². The standard InChI is InChI=1S/C20H10FNO2/c21-18-4-2-1-3-14(18)16-9-17-15-6-5-12(10-22)7-19(15)24-20(17)8-13(16)11-23/h1-9,11H. The van der Waals surface area contributed by atoms with Gasteiger partial charge in [0.25, 0.3) is 0 Å². The average molecular weight is 315 g/mol. The number of benzene rings is 3. The topological polar surface area (TPSA) is 54.0 Å². The first-order valence-electron chi connectivity index (χ1n) is 7.32. The van der Waals surface area contributed by atoms with E-state index in [4.69, 9.17) is 9.68 Å².